The number of pyridine rings is 1. The first-order valence-corrected chi connectivity index (χ1v) is 10.4. The summed E-state index contributed by atoms with van der Waals surface area (Å²) in [6.07, 6.45) is 9.61. The maximum atomic E-state index is 4.59. The van der Waals surface area contributed by atoms with Crippen LogP contribution in [0.5, 0.6) is 0 Å². The number of thioether (sulfide) groups is 1. The third-order valence-corrected chi connectivity index (χ3v) is 5.79. The highest BCUT2D eigenvalue weighted by Crippen LogP contribution is 2.25. The topological polar surface area (TPSA) is 16.1 Å². The molecule has 2 nitrogen and oxygen atoms in total. The van der Waals surface area contributed by atoms with Crippen LogP contribution in [0.25, 0.3) is 0 Å². The van der Waals surface area contributed by atoms with Gasteiger partial charge in [0.2, 0.25) is 0 Å². The zero-order valence-electron chi connectivity index (χ0n) is 14.3. The Morgan fingerprint density at radius 3 is 2.65 bits per heavy atom. The van der Waals surface area contributed by atoms with Crippen molar-refractivity contribution in [2.45, 2.75) is 43.6 Å². The predicted octanol–water partition coefficient (Wildman–Crippen LogP) is 5.34. The fourth-order valence-electron chi connectivity index (χ4n) is 2.52. The predicted molar refractivity (Wildman–Crippen MR) is 104 cm³/mol. The summed E-state index contributed by atoms with van der Waals surface area (Å²) in [4.78, 5) is 8.28. The van der Waals surface area contributed by atoms with E-state index in [1.54, 1.807) is 0 Å². The van der Waals surface area contributed by atoms with Crippen LogP contribution < -0.4 is 0 Å². The Bertz CT molecular complexity index is 538. The second-order valence-corrected chi connectivity index (χ2v) is 8.26. The molecular formula is C19H28N2S2. The smallest absolute Gasteiger partial charge is 0.0995 e. The van der Waals surface area contributed by atoms with E-state index in [0.29, 0.717) is 0 Å². The third-order valence-electron chi connectivity index (χ3n) is 3.78. The van der Waals surface area contributed by atoms with E-state index in [0.717, 1.165) is 6.42 Å². The summed E-state index contributed by atoms with van der Waals surface area (Å²) in [5.74, 6) is 1.18. The fourth-order valence-corrected chi connectivity index (χ4v) is 4.25. The van der Waals surface area contributed by atoms with E-state index in [2.05, 4.69) is 53.6 Å². The molecule has 0 radical (unpaired) electrons. The zero-order valence-corrected chi connectivity index (χ0v) is 16.0. The molecule has 0 fully saturated rings. The Kier molecular flexibility index (Phi) is 8.72. The van der Waals surface area contributed by atoms with E-state index in [1.807, 2.05) is 29.3 Å². The van der Waals surface area contributed by atoms with Gasteiger partial charge in [-0.05, 0) is 62.3 Å². The minimum absolute atomic E-state index is 1.01. The van der Waals surface area contributed by atoms with E-state index in [9.17, 15) is 0 Å². The van der Waals surface area contributed by atoms with Crippen molar-refractivity contribution in [1.29, 1.82) is 0 Å². The quantitative estimate of drug-likeness (QED) is 0.403. The number of unbranched alkanes of at least 4 members (excludes halogenated alkanes) is 4. The van der Waals surface area contributed by atoms with Crippen molar-refractivity contribution in [3.05, 3.63) is 46.3 Å². The Hall–Kier alpha value is -0.840. The largest absolute Gasteiger partial charge is 0.309 e. The Balaban J connectivity index is 1.66. The van der Waals surface area contributed by atoms with Crippen LogP contribution in [-0.4, -0.2) is 36.3 Å². The van der Waals surface area contributed by atoms with Gasteiger partial charge >= 0.3 is 0 Å². The van der Waals surface area contributed by atoms with Crippen molar-refractivity contribution >= 4 is 23.1 Å². The number of aromatic nitrogens is 1. The molecule has 0 saturated carbocycles. The molecule has 0 amide bonds. The highest BCUT2D eigenvalue weighted by Gasteiger charge is 2.06. The number of hydrogen-bond acceptors (Lipinski definition) is 4. The van der Waals surface area contributed by atoms with Crippen molar-refractivity contribution in [1.82, 2.24) is 9.88 Å². The van der Waals surface area contributed by atoms with Crippen LogP contribution in [0.1, 0.15) is 42.5 Å². The molecule has 2 aromatic heterocycles. The third kappa shape index (κ3) is 7.51. The second kappa shape index (κ2) is 10.8. The van der Waals surface area contributed by atoms with E-state index >= 15 is 0 Å². The molecule has 0 saturated heterocycles. The van der Waals surface area contributed by atoms with Gasteiger partial charge in [0.15, 0.2) is 0 Å². The molecule has 0 bridgehead atoms. The molecule has 0 N–H and O–H groups in total. The molecule has 0 aliphatic heterocycles. The van der Waals surface area contributed by atoms with Crippen LogP contribution in [0, 0.1) is 0 Å². The summed E-state index contributed by atoms with van der Waals surface area (Å²) in [5, 5.41) is 3.36. The molecule has 0 aromatic carbocycles. The highest BCUT2D eigenvalue weighted by molar-refractivity contribution is 7.99. The lowest BCUT2D eigenvalue weighted by molar-refractivity contribution is 0.390. The van der Waals surface area contributed by atoms with Crippen LogP contribution in [0.2, 0.25) is 0 Å². The average molecular weight is 349 g/mol. The van der Waals surface area contributed by atoms with Gasteiger partial charge in [-0.2, -0.15) is 0 Å². The van der Waals surface area contributed by atoms with Gasteiger partial charge in [0.1, 0.15) is 0 Å². The molecule has 0 aliphatic carbocycles. The van der Waals surface area contributed by atoms with Gasteiger partial charge in [-0.3, -0.25) is 0 Å². The fraction of sp³-hybridized carbons (Fsp3) is 0.526. The number of nitrogens with zero attached hydrogens (tertiary/aromatic N) is 2. The van der Waals surface area contributed by atoms with Crippen molar-refractivity contribution in [2.75, 3.05) is 26.4 Å². The van der Waals surface area contributed by atoms with Crippen LogP contribution >= 0.6 is 23.1 Å². The minimum atomic E-state index is 1.01. The molecule has 0 atom stereocenters. The Labute approximate surface area is 149 Å². The number of rotatable bonds is 11. The van der Waals surface area contributed by atoms with Gasteiger partial charge in [0, 0.05) is 17.5 Å². The van der Waals surface area contributed by atoms with Gasteiger partial charge < -0.3 is 4.90 Å². The van der Waals surface area contributed by atoms with Gasteiger partial charge in [0.05, 0.1) is 5.03 Å². The van der Waals surface area contributed by atoms with E-state index < -0.39 is 0 Å². The highest BCUT2D eigenvalue weighted by atomic mass is 32.2. The first kappa shape index (κ1) is 18.5. The summed E-state index contributed by atoms with van der Waals surface area (Å²) in [6.45, 7) is 1.22. The molecule has 0 spiro atoms. The Morgan fingerprint density at radius 1 is 1.04 bits per heavy atom. The first-order valence-electron chi connectivity index (χ1n) is 8.49. The normalized spacial score (nSPS) is 11.3. The van der Waals surface area contributed by atoms with Gasteiger partial charge in [0.25, 0.3) is 0 Å². The SMILES string of the molecule is CN(C)CCCCCCCSc1ncccc1Cc1cccs1. The minimum Gasteiger partial charge on any atom is -0.309 e. The van der Waals surface area contributed by atoms with Crippen LogP contribution in [0.15, 0.2) is 40.9 Å². The van der Waals surface area contributed by atoms with Crippen molar-refractivity contribution in [3.63, 3.8) is 0 Å². The first-order chi connectivity index (χ1) is 11.3. The van der Waals surface area contributed by atoms with E-state index in [1.165, 1.54) is 59.9 Å². The second-order valence-electron chi connectivity index (χ2n) is 6.14. The summed E-state index contributed by atoms with van der Waals surface area (Å²) >= 11 is 3.75. The maximum Gasteiger partial charge on any atom is 0.0995 e. The van der Waals surface area contributed by atoms with E-state index in [-0.39, 0.29) is 0 Å². The molecular weight excluding hydrogens is 320 g/mol. The molecule has 4 heteroatoms. The summed E-state index contributed by atoms with van der Waals surface area (Å²) in [7, 11) is 4.30. The molecule has 23 heavy (non-hydrogen) atoms. The van der Waals surface area contributed by atoms with E-state index in [4.69, 9.17) is 0 Å². The molecule has 2 heterocycles. The number of hydrogen-bond donors (Lipinski definition) is 0. The van der Waals surface area contributed by atoms with Crippen LogP contribution in [-0.2, 0) is 6.42 Å². The molecule has 2 rings (SSSR count). The Morgan fingerprint density at radius 2 is 1.87 bits per heavy atom. The standard InChI is InChI=1S/C19H28N2S2/c1-21(2)13-6-4-3-5-7-14-23-19-17(10-8-12-20-19)16-18-11-9-15-22-18/h8-12,15H,3-7,13-14,16H2,1-2H3. The summed E-state index contributed by atoms with van der Waals surface area (Å²) in [5.41, 5.74) is 1.37. The molecule has 2 aromatic rings. The number of thiophene rings is 1. The molecule has 0 unspecified atom stereocenters. The zero-order chi connectivity index (χ0) is 16.3. The van der Waals surface area contributed by atoms with Crippen molar-refractivity contribution in [2.24, 2.45) is 0 Å². The monoisotopic (exact) mass is 348 g/mol. The summed E-state index contributed by atoms with van der Waals surface area (Å²) < 4.78 is 0. The van der Waals surface area contributed by atoms with Crippen LogP contribution in [0.3, 0.4) is 0 Å². The van der Waals surface area contributed by atoms with Crippen molar-refractivity contribution < 1.29 is 0 Å². The van der Waals surface area contributed by atoms with Gasteiger partial charge in [-0.15, -0.1) is 23.1 Å². The lowest BCUT2D eigenvalue weighted by atomic mass is 10.1. The lowest BCUT2D eigenvalue weighted by Crippen LogP contribution is -2.12. The molecule has 126 valence electrons. The maximum absolute atomic E-state index is 4.59. The lowest BCUT2D eigenvalue weighted by Gasteiger charge is -2.09. The molecule has 0 aliphatic rings. The average Bonchev–Trinajstić information content (AvgIpc) is 3.04. The van der Waals surface area contributed by atoms with Crippen molar-refractivity contribution in [3.8, 4) is 0 Å². The van der Waals surface area contributed by atoms with Gasteiger partial charge in [-0.1, -0.05) is 31.4 Å². The van der Waals surface area contributed by atoms with Gasteiger partial charge in [-0.25, -0.2) is 4.98 Å². The summed E-state index contributed by atoms with van der Waals surface area (Å²) in [6, 6.07) is 8.60. The van der Waals surface area contributed by atoms with Crippen LogP contribution in [0.4, 0.5) is 0 Å².